The van der Waals surface area contributed by atoms with Crippen molar-refractivity contribution in [2.75, 3.05) is 7.11 Å². The second-order valence-electron chi connectivity index (χ2n) is 4.39. The molecule has 0 fully saturated rings. The second-order valence-corrected chi connectivity index (χ2v) is 6.96. The highest BCUT2D eigenvalue weighted by Gasteiger charge is 2.13. The molecule has 23 heavy (non-hydrogen) atoms. The summed E-state index contributed by atoms with van der Waals surface area (Å²) in [5.74, 6) is -0.525. The molecule has 0 aliphatic rings. The fraction of sp³-hybridized carbons (Fsp3) is 0.0667. The van der Waals surface area contributed by atoms with Gasteiger partial charge in [-0.25, -0.2) is 9.63 Å². The maximum Gasteiger partial charge on any atom is 0.338 e. The van der Waals surface area contributed by atoms with Crippen molar-refractivity contribution in [1.82, 2.24) is 4.83 Å². The molecular weight excluding hydrogens is 384 g/mol. The Labute approximate surface area is 142 Å². The van der Waals surface area contributed by atoms with Crippen molar-refractivity contribution in [1.29, 1.82) is 0 Å². The van der Waals surface area contributed by atoms with Crippen LogP contribution in [0.15, 0.2) is 63.0 Å². The van der Waals surface area contributed by atoms with Crippen LogP contribution < -0.4 is 4.83 Å². The minimum Gasteiger partial charge on any atom is -0.465 e. The summed E-state index contributed by atoms with van der Waals surface area (Å²) in [6.45, 7) is 0. The Balaban J connectivity index is 2.19. The molecule has 0 atom stereocenters. The van der Waals surface area contributed by atoms with Crippen molar-refractivity contribution in [3.63, 3.8) is 0 Å². The maximum atomic E-state index is 12.1. The van der Waals surface area contributed by atoms with Gasteiger partial charge in [0.05, 0.1) is 23.8 Å². The highest BCUT2D eigenvalue weighted by Crippen LogP contribution is 2.14. The van der Waals surface area contributed by atoms with Gasteiger partial charge < -0.3 is 4.74 Å². The Morgan fingerprint density at radius 1 is 1.17 bits per heavy atom. The molecule has 0 spiro atoms. The first-order valence-electron chi connectivity index (χ1n) is 6.42. The van der Waals surface area contributed by atoms with Gasteiger partial charge in [-0.15, -0.1) is 0 Å². The third-order valence-electron chi connectivity index (χ3n) is 2.87. The van der Waals surface area contributed by atoms with Crippen LogP contribution in [0.3, 0.4) is 0 Å². The smallest absolute Gasteiger partial charge is 0.338 e. The number of carbonyl (C=O) groups is 1. The number of benzene rings is 2. The van der Waals surface area contributed by atoms with E-state index in [1.54, 1.807) is 36.4 Å². The number of esters is 1. The van der Waals surface area contributed by atoms with Gasteiger partial charge in [0, 0.05) is 10.0 Å². The highest BCUT2D eigenvalue weighted by atomic mass is 79.9. The van der Waals surface area contributed by atoms with E-state index in [4.69, 9.17) is 0 Å². The van der Waals surface area contributed by atoms with E-state index in [-0.39, 0.29) is 4.90 Å². The number of methoxy groups -OCH3 is 1. The Hall–Kier alpha value is -2.19. The summed E-state index contributed by atoms with van der Waals surface area (Å²) in [6.07, 6.45) is 1.25. The standard InChI is InChI=1S/C15H13BrN2O4S/c1-22-15(19)14-5-3-2-4-11(14)10-17-18-23(20,21)13-8-6-12(16)7-9-13/h2-10,18H,1H3/b17-10-. The fourth-order valence-corrected chi connectivity index (χ4v) is 2.79. The quantitative estimate of drug-likeness (QED) is 0.478. The predicted octanol–water partition coefficient (Wildman–Crippen LogP) is 2.55. The summed E-state index contributed by atoms with van der Waals surface area (Å²) in [4.78, 5) is 13.8. The number of halogens is 1. The minimum atomic E-state index is -3.77. The predicted molar refractivity (Wildman–Crippen MR) is 89.8 cm³/mol. The van der Waals surface area contributed by atoms with Gasteiger partial charge in [0.1, 0.15) is 0 Å². The summed E-state index contributed by atoms with van der Waals surface area (Å²) in [7, 11) is -2.50. The molecule has 0 radical (unpaired) electrons. The molecule has 0 unspecified atom stereocenters. The largest absolute Gasteiger partial charge is 0.465 e. The van der Waals surface area contributed by atoms with E-state index in [0.29, 0.717) is 11.1 Å². The van der Waals surface area contributed by atoms with Crippen LogP contribution in [0.4, 0.5) is 0 Å². The number of nitrogens with zero attached hydrogens (tertiary/aromatic N) is 1. The van der Waals surface area contributed by atoms with Crippen molar-refractivity contribution in [3.8, 4) is 0 Å². The van der Waals surface area contributed by atoms with Crippen LogP contribution in [0.25, 0.3) is 0 Å². The lowest BCUT2D eigenvalue weighted by molar-refractivity contribution is 0.0600. The summed E-state index contributed by atoms with van der Waals surface area (Å²) in [5, 5.41) is 3.71. The van der Waals surface area contributed by atoms with Crippen LogP contribution in [0.5, 0.6) is 0 Å². The van der Waals surface area contributed by atoms with E-state index >= 15 is 0 Å². The zero-order valence-corrected chi connectivity index (χ0v) is 14.5. The van der Waals surface area contributed by atoms with E-state index in [1.165, 1.54) is 25.5 Å². The molecule has 2 aromatic rings. The van der Waals surface area contributed by atoms with Gasteiger partial charge in [0.2, 0.25) is 0 Å². The third kappa shape index (κ3) is 4.40. The zero-order chi connectivity index (χ0) is 16.9. The average molecular weight is 397 g/mol. The molecule has 0 saturated heterocycles. The van der Waals surface area contributed by atoms with Gasteiger partial charge in [-0.1, -0.05) is 34.1 Å². The SMILES string of the molecule is COC(=O)c1ccccc1/C=N\NS(=O)(=O)c1ccc(Br)cc1. The molecule has 0 amide bonds. The van der Waals surface area contributed by atoms with Crippen LogP contribution >= 0.6 is 15.9 Å². The van der Waals surface area contributed by atoms with E-state index in [0.717, 1.165) is 4.47 Å². The lowest BCUT2D eigenvalue weighted by Crippen LogP contribution is -2.18. The van der Waals surface area contributed by atoms with Crippen molar-refractivity contribution < 1.29 is 17.9 Å². The number of carbonyl (C=O) groups excluding carboxylic acids is 1. The number of nitrogens with one attached hydrogen (secondary N) is 1. The van der Waals surface area contributed by atoms with Gasteiger partial charge in [-0.3, -0.25) is 0 Å². The minimum absolute atomic E-state index is 0.0825. The third-order valence-corrected chi connectivity index (χ3v) is 4.63. The van der Waals surface area contributed by atoms with Crippen LogP contribution in [0.1, 0.15) is 15.9 Å². The molecule has 0 aliphatic carbocycles. The zero-order valence-electron chi connectivity index (χ0n) is 12.1. The molecule has 0 aliphatic heterocycles. The van der Waals surface area contributed by atoms with Crippen LogP contribution in [0, 0.1) is 0 Å². The van der Waals surface area contributed by atoms with Crippen LogP contribution in [0.2, 0.25) is 0 Å². The first-order valence-corrected chi connectivity index (χ1v) is 8.69. The van der Waals surface area contributed by atoms with Gasteiger partial charge in [-0.05, 0) is 30.3 Å². The fourth-order valence-electron chi connectivity index (χ4n) is 1.74. The summed E-state index contributed by atoms with van der Waals surface area (Å²) in [5.41, 5.74) is 0.736. The van der Waals surface area contributed by atoms with Gasteiger partial charge in [0.15, 0.2) is 0 Å². The number of hydrazone groups is 1. The molecule has 6 nitrogen and oxygen atoms in total. The normalized spacial score (nSPS) is 11.4. The van der Waals surface area contributed by atoms with Crippen LogP contribution in [-0.4, -0.2) is 27.7 Å². The van der Waals surface area contributed by atoms with Crippen molar-refractivity contribution in [2.45, 2.75) is 4.90 Å². The topological polar surface area (TPSA) is 84.8 Å². The first-order chi connectivity index (χ1) is 10.9. The Kier molecular flexibility index (Phi) is 5.51. The Bertz CT molecular complexity index is 833. The highest BCUT2D eigenvalue weighted by molar-refractivity contribution is 9.10. The van der Waals surface area contributed by atoms with E-state index < -0.39 is 16.0 Å². The van der Waals surface area contributed by atoms with E-state index in [2.05, 4.69) is 30.6 Å². The first kappa shape index (κ1) is 17.2. The molecule has 2 aromatic carbocycles. The molecule has 120 valence electrons. The molecule has 2 rings (SSSR count). The van der Waals surface area contributed by atoms with Gasteiger partial charge in [0.25, 0.3) is 10.0 Å². The van der Waals surface area contributed by atoms with E-state index in [1.807, 2.05) is 0 Å². The maximum absolute atomic E-state index is 12.1. The second kappa shape index (κ2) is 7.38. The number of sulfonamides is 1. The molecule has 0 heterocycles. The van der Waals surface area contributed by atoms with Gasteiger partial charge >= 0.3 is 5.97 Å². The molecule has 0 saturated carbocycles. The monoisotopic (exact) mass is 396 g/mol. The van der Waals surface area contributed by atoms with E-state index in [9.17, 15) is 13.2 Å². The Morgan fingerprint density at radius 3 is 2.48 bits per heavy atom. The molecule has 0 aromatic heterocycles. The van der Waals surface area contributed by atoms with Crippen molar-refractivity contribution in [2.24, 2.45) is 5.10 Å². The van der Waals surface area contributed by atoms with Crippen molar-refractivity contribution in [3.05, 3.63) is 64.1 Å². The number of ether oxygens (including phenoxy) is 1. The van der Waals surface area contributed by atoms with Crippen LogP contribution in [-0.2, 0) is 14.8 Å². The number of rotatable bonds is 5. The molecule has 0 bridgehead atoms. The summed E-state index contributed by atoms with van der Waals surface area (Å²) in [6, 6.07) is 12.7. The number of hydrogen-bond acceptors (Lipinski definition) is 5. The lowest BCUT2D eigenvalue weighted by Gasteiger charge is -2.05. The summed E-state index contributed by atoms with van der Waals surface area (Å²) < 4.78 is 29.6. The molecule has 8 heteroatoms. The van der Waals surface area contributed by atoms with Gasteiger partial charge in [-0.2, -0.15) is 13.5 Å². The van der Waals surface area contributed by atoms with Crippen molar-refractivity contribution >= 4 is 38.1 Å². The number of hydrogen-bond donors (Lipinski definition) is 1. The molecule has 1 N–H and O–H groups in total. The Morgan fingerprint density at radius 2 is 1.83 bits per heavy atom. The molecular formula is C15H13BrN2O4S. The average Bonchev–Trinajstić information content (AvgIpc) is 2.55. The lowest BCUT2D eigenvalue weighted by atomic mass is 10.1. The summed E-state index contributed by atoms with van der Waals surface area (Å²) >= 11 is 3.24.